The molecule has 3 aromatic rings. The number of thiazole rings is 1. The van der Waals surface area contributed by atoms with E-state index in [0.717, 1.165) is 38.4 Å². The third-order valence-electron chi connectivity index (χ3n) is 3.28. The molecule has 1 aromatic heterocycles. The van der Waals surface area contributed by atoms with E-state index in [1.165, 1.54) is 9.60 Å². The molecule has 0 saturated heterocycles. The first-order valence-corrected chi connectivity index (χ1v) is 11.0. The van der Waals surface area contributed by atoms with Crippen LogP contribution in [0.3, 0.4) is 0 Å². The number of para-hydroxylation sites is 1. The van der Waals surface area contributed by atoms with E-state index in [9.17, 15) is 0 Å². The summed E-state index contributed by atoms with van der Waals surface area (Å²) in [5.41, 5.74) is 7.86. The molecule has 0 fully saturated rings. The van der Waals surface area contributed by atoms with Crippen molar-refractivity contribution in [1.29, 1.82) is 0 Å². The number of rotatable bonds is 4. The fourth-order valence-corrected chi connectivity index (χ4v) is 6.27. The highest BCUT2D eigenvalue weighted by atomic mass is 33.1. The molecule has 3 nitrogen and oxygen atoms in total. The van der Waals surface area contributed by atoms with Crippen LogP contribution in [0, 0.1) is 0 Å². The molecule has 0 spiro atoms. The monoisotopic (exact) mass is 375 g/mol. The van der Waals surface area contributed by atoms with Crippen LogP contribution in [-0.2, 0) is 0 Å². The Kier molecular flexibility index (Phi) is 4.52. The van der Waals surface area contributed by atoms with Crippen LogP contribution in [0.2, 0.25) is 0 Å². The van der Waals surface area contributed by atoms with E-state index in [2.05, 4.69) is 23.2 Å². The summed E-state index contributed by atoms with van der Waals surface area (Å²) < 4.78 is 1.21. The van der Waals surface area contributed by atoms with Gasteiger partial charge in [0.2, 0.25) is 0 Å². The van der Waals surface area contributed by atoms with Crippen LogP contribution >= 0.6 is 44.7 Å². The van der Waals surface area contributed by atoms with Gasteiger partial charge in [0, 0.05) is 27.8 Å². The minimum absolute atomic E-state index is 0.822. The summed E-state index contributed by atoms with van der Waals surface area (Å²) in [6, 6.07) is 14.4. The average molecular weight is 376 g/mol. The number of anilines is 1. The van der Waals surface area contributed by atoms with Gasteiger partial charge in [-0.05, 0) is 30.3 Å². The number of thioether (sulfide) groups is 1. The summed E-state index contributed by atoms with van der Waals surface area (Å²) in [4.78, 5) is 11.5. The molecule has 2 heterocycles. The van der Waals surface area contributed by atoms with Crippen molar-refractivity contribution in [3.8, 4) is 0 Å². The third kappa shape index (κ3) is 3.38. The van der Waals surface area contributed by atoms with Crippen molar-refractivity contribution in [2.24, 2.45) is 4.99 Å². The molecule has 0 radical (unpaired) electrons. The van der Waals surface area contributed by atoms with Gasteiger partial charge in [0.1, 0.15) is 10.1 Å². The maximum absolute atomic E-state index is 5.99. The summed E-state index contributed by atoms with van der Waals surface area (Å²) >= 11 is 3.52. The largest absolute Gasteiger partial charge is 0.398 e. The summed E-state index contributed by atoms with van der Waals surface area (Å²) in [6.45, 7) is 0.909. The molecular weight excluding hydrogens is 362 g/mol. The number of aliphatic imine (C=N–C) groups is 1. The van der Waals surface area contributed by atoms with Crippen molar-refractivity contribution in [1.82, 2.24) is 4.98 Å². The van der Waals surface area contributed by atoms with Gasteiger partial charge in [0.15, 0.2) is 0 Å². The van der Waals surface area contributed by atoms with Gasteiger partial charge in [-0.1, -0.05) is 33.7 Å². The van der Waals surface area contributed by atoms with Crippen LogP contribution in [0.5, 0.6) is 0 Å². The zero-order valence-corrected chi connectivity index (χ0v) is 15.3. The minimum atomic E-state index is 0.822. The van der Waals surface area contributed by atoms with Gasteiger partial charge < -0.3 is 5.73 Å². The molecule has 0 unspecified atom stereocenters. The summed E-state index contributed by atoms with van der Waals surface area (Å²) in [5, 5.41) is 2.14. The van der Waals surface area contributed by atoms with E-state index in [0.29, 0.717) is 0 Å². The topological polar surface area (TPSA) is 51.3 Å². The smallest absolute Gasteiger partial charge is 0.149 e. The first-order valence-electron chi connectivity index (χ1n) is 7.07. The molecule has 4 rings (SSSR count). The molecule has 7 heteroatoms. The Morgan fingerprint density at radius 3 is 2.83 bits per heavy atom. The van der Waals surface area contributed by atoms with Gasteiger partial charge in [-0.2, -0.15) is 0 Å². The molecule has 0 bridgehead atoms. The van der Waals surface area contributed by atoms with E-state index in [4.69, 9.17) is 10.7 Å². The van der Waals surface area contributed by atoms with Gasteiger partial charge in [-0.3, -0.25) is 4.99 Å². The average Bonchev–Trinajstić information content (AvgIpc) is 3.22. The maximum Gasteiger partial charge on any atom is 0.149 e. The van der Waals surface area contributed by atoms with Gasteiger partial charge in [0.25, 0.3) is 0 Å². The standard InChI is InChI=1S/C16H13N3S4/c17-11-3-1-2-4-13(11)23-22-10-5-6-12-14(9-10)21-16(19-12)15-18-7-8-20-15/h1-6,9H,7-8,17H2. The Morgan fingerprint density at radius 1 is 1.09 bits per heavy atom. The van der Waals surface area contributed by atoms with Crippen molar-refractivity contribution in [2.45, 2.75) is 9.79 Å². The van der Waals surface area contributed by atoms with Crippen LogP contribution in [0.1, 0.15) is 5.01 Å². The number of nitrogens with zero attached hydrogens (tertiary/aromatic N) is 2. The van der Waals surface area contributed by atoms with Crippen LogP contribution in [0.15, 0.2) is 57.2 Å². The highest BCUT2D eigenvalue weighted by Gasteiger charge is 2.15. The first kappa shape index (κ1) is 15.4. The lowest BCUT2D eigenvalue weighted by Crippen LogP contribution is -1.88. The highest BCUT2D eigenvalue weighted by molar-refractivity contribution is 8.76. The summed E-state index contributed by atoms with van der Waals surface area (Å²) in [7, 11) is 3.41. The Hall–Kier alpha value is -1.15. The number of nitrogens with two attached hydrogens (primary N) is 1. The third-order valence-corrected chi connectivity index (χ3v) is 7.86. The van der Waals surface area contributed by atoms with E-state index < -0.39 is 0 Å². The Bertz CT molecular complexity index is 888. The maximum atomic E-state index is 5.99. The van der Waals surface area contributed by atoms with Crippen LogP contribution in [-0.4, -0.2) is 22.3 Å². The number of hydrogen-bond acceptors (Lipinski definition) is 7. The lowest BCUT2D eigenvalue weighted by molar-refractivity contribution is 1.17. The molecule has 116 valence electrons. The highest BCUT2D eigenvalue weighted by Crippen LogP contribution is 2.41. The molecule has 0 aliphatic carbocycles. The number of aromatic nitrogens is 1. The van der Waals surface area contributed by atoms with E-state index in [1.807, 2.05) is 24.3 Å². The normalized spacial score (nSPS) is 14.3. The summed E-state index contributed by atoms with van der Waals surface area (Å²) in [6.07, 6.45) is 0. The van der Waals surface area contributed by atoms with Crippen molar-refractivity contribution in [2.75, 3.05) is 18.0 Å². The number of benzene rings is 2. The van der Waals surface area contributed by atoms with Crippen LogP contribution in [0.4, 0.5) is 5.69 Å². The zero-order chi connectivity index (χ0) is 15.6. The van der Waals surface area contributed by atoms with Gasteiger partial charge in [-0.15, -0.1) is 23.1 Å². The molecule has 0 saturated carbocycles. The van der Waals surface area contributed by atoms with E-state index in [-0.39, 0.29) is 0 Å². The quantitative estimate of drug-likeness (QED) is 0.503. The van der Waals surface area contributed by atoms with Crippen molar-refractivity contribution < 1.29 is 0 Å². The Labute approximate surface area is 150 Å². The fourth-order valence-electron chi connectivity index (χ4n) is 2.16. The lowest BCUT2D eigenvalue weighted by atomic mass is 10.3. The zero-order valence-electron chi connectivity index (χ0n) is 12.1. The van der Waals surface area contributed by atoms with Gasteiger partial charge in [-0.25, -0.2) is 4.98 Å². The SMILES string of the molecule is Nc1ccccc1SSc1ccc2nc(C3=NCCS3)sc2c1. The fraction of sp³-hybridized carbons (Fsp3) is 0.125. The second-order valence-corrected chi connectivity index (χ2v) is 9.25. The van der Waals surface area contributed by atoms with Gasteiger partial charge >= 0.3 is 0 Å². The van der Waals surface area contributed by atoms with Crippen LogP contribution < -0.4 is 5.73 Å². The summed E-state index contributed by atoms with van der Waals surface area (Å²) in [5.74, 6) is 1.07. The predicted molar refractivity (Wildman–Crippen MR) is 106 cm³/mol. The molecule has 2 aromatic carbocycles. The second kappa shape index (κ2) is 6.76. The lowest BCUT2D eigenvalue weighted by Gasteiger charge is -2.04. The molecule has 0 amide bonds. The molecule has 1 aliphatic heterocycles. The molecule has 2 N–H and O–H groups in total. The predicted octanol–water partition coefficient (Wildman–Crippen LogP) is 5.17. The van der Waals surface area contributed by atoms with E-state index in [1.54, 1.807) is 44.7 Å². The number of nitrogen functional groups attached to an aromatic ring is 1. The van der Waals surface area contributed by atoms with Crippen LogP contribution in [0.25, 0.3) is 10.2 Å². The first-order chi connectivity index (χ1) is 11.3. The second-order valence-electron chi connectivity index (χ2n) is 4.89. The Balaban J connectivity index is 1.55. The molecular formula is C16H13N3S4. The van der Waals surface area contributed by atoms with Gasteiger partial charge in [0.05, 0.1) is 10.2 Å². The molecule has 1 aliphatic rings. The minimum Gasteiger partial charge on any atom is -0.398 e. The molecule has 23 heavy (non-hydrogen) atoms. The number of hydrogen-bond donors (Lipinski definition) is 1. The van der Waals surface area contributed by atoms with E-state index >= 15 is 0 Å². The number of fused-ring (bicyclic) bond motifs is 1. The Morgan fingerprint density at radius 2 is 2.00 bits per heavy atom. The van der Waals surface area contributed by atoms with Crippen molar-refractivity contribution in [3.05, 3.63) is 47.5 Å². The molecule has 0 atom stereocenters. The van der Waals surface area contributed by atoms with Crippen molar-refractivity contribution in [3.63, 3.8) is 0 Å². The van der Waals surface area contributed by atoms with Crippen molar-refractivity contribution >= 4 is 65.6 Å².